The van der Waals surface area contributed by atoms with E-state index in [0.29, 0.717) is 22.6 Å². The molecule has 2 aromatic carbocycles. The van der Waals surface area contributed by atoms with Crippen molar-refractivity contribution in [2.24, 2.45) is 4.99 Å². The van der Waals surface area contributed by atoms with Gasteiger partial charge in [-0.1, -0.05) is 35.1 Å². The second kappa shape index (κ2) is 11.2. The number of rotatable bonds is 7. The molecular formula is C29H22ClN3O8S. The molecule has 0 unspecified atom stereocenters. The van der Waals surface area contributed by atoms with Gasteiger partial charge >= 0.3 is 11.9 Å². The number of carboxylic acids is 1. The Morgan fingerprint density at radius 3 is 2.67 bits per heavy atom. The minimum Gasteiger partial charge on any atom is -0.478 e. The highest BCUT2D eigenvalue weighted by atomic mass is 35.5. The number of nitro benzene ring substituents is 1. The molecule has 0 bridgehead atoms. The van der Waals surface area contributed by atoms with Crippen LogP contribution in [0.3, 0.4) is 0 Å². The molecule has 1 atom stereocenters. The summed E-state index contributed by atoms with van der Waals surface area (Å²) in [6.07, 6.45) is 1.05. The maximum Gasteiger partial charge on any atom is 0.338 e. The number of esters is 1. The number of carbonyl (C=O) groups excluding carboxylic acids is 1. The highest BCUT2D eigenvalue weighted by molar-refractivity contribution is 7.07. The van der Waals surface area contributed by atoms with Crippen molar-refractivity contribution in [1.29, 1.82) is 0 Å². The molecule has 0 fully saturated rings. The number of furan rings is 1. The van der Waals surface area contributed by atoms with Gasteiger partial charge in [-0.05, 0) is 56.7 Å². The third-order valence-corrected chi connectivity index (χ3v) is 7.67. The molecule has 0 saturated carbocycles. The van der Waals surface area contributed by atoms with Gasteiger partial charge in [-0.3, -0.25) is 19.5 Å². The molecule has 1 aliphatic heterocycles. The summed E-state index contributed by atoms with van der Waals surface area (Å²) in [4.78, 5) is 54.2. The van der Waals surface area contributed by atoms with Crippen molar-refractivity contribution >= 4 is 46.6 Å². The van der Waals surface area contributed by atoms with Crippen LogP contribution in [-0.2, 0) is 9.53 Å². The molecule has 214 valence electrons. The number of fused-ring (bicyclic) bond motifs is 1. The van der Waals surface area contributed by atoms with Crippen LogP contribution in [0, 0.1) is 10.1 Å². The minimum absolute atomic E-state index is 0.0315. The fourth-order valence-corrected chi connectivity index (χ4v) is 5.77. The van der Waals surface area contributed by atoms with E-state index in [1.807, 2.05) is 0 Å². The number of benzene rings is 2. The Kier molecular flexibility index (Phi) is 7.67. The molecule has 42 heavy (non-hydrogen) atoms. The molecule has 4 aromatic rings. The first-order valence-electron chi connectivity index (χ1n) is 12.6. The molecule has 0 radical (unpaired) electrons. The van der Waals surface area contributed by atoms with E-state index in [4.69, 9.17) is 20.8 Å². The van der Waals surface area contributed by atoms with Crippen LogP contribution in [0.4, 0.5) is 5.69 Å². The number of thiazole rings is 1. The van der Waals surface area contributed by atoms with Crippen LogP contribution >= 0.6 is 22.9 Å². The number of aromatic nitrogens is 1. The Morgan fingerprint density at radius 2 is 1.98 bits per heavy atom. The van der Waals surface area contributed by atoms with Crippen molar-refractivity contribution in [1.82, 2.24) is 4.57 Å². The van der Waals surface area contributed by atoms with Crippen LogP contribution in [-0.4, -0.2) is 32.6 Å². The molecule has 2 aromatic heterocycles. The van der Waals surface area contributed by atoms with Crippen LogP contribution < -0.4 is 14.9 Å². The second-order valence-electron chi connectivity index (χ2n) is 9.59. The van der Waals surface area contributed by atoms with Crippen LogP contribution in [0.15, 0.2) is 80.1 Å². The molecule has 5 rings (SSSR count). The predicted molar refractivity (Wildman–Crippen MR) is 154 cm³/mol. The van der Waals surface area contributed by atoms with Gasteiger partial charge in [0.15, 0.2) is 4.80 Å². The molecule has 0 aliphatic carbocycles. The molecule has 0 amide bonds. The Bertz CT molecular complexity index is 1990. The molecule has 11 nitrogen and oxygen atoms in total. The SMILES string of the molecule is CC1=C(C(=O)OC(C)C)[C@@H](c2cccc([N+](=O)[O-])c2)n2c(s/c(=C\c3ccc(-c4cc(C(=O)O)ccc4Cl)o3)c2=O)=N1. The number of aromatic carboxylic acids is 1. The van der Waals surface area contributed by atoms with Gasteiger partial charge in [0, 0.05) is 23.8 Å². The van der Waals surface area contributed by atoms with Crippen molar-refractivity contribution in [3.8, 4) is 11.3 Å². The third kappa shape index (κ3) is 5.41. The Balaban J connectivity index is 1.65. The zero-order valence-corrected chi connectivity index (χ0v) is 23.9. The summed E-state index contributed by atoms with van der Waals surface area (Å²) in [7, 11) is 0. The fraction of sp³-hybridized carbons (Fsp3) is 0.172. The summed E-state index contributed by atoms with van der Waals surface area (Å²) in [5.41, 5.74) is 0.456. The standard InChI is InChI=1S/C29H22ClN3O8S/c1-14(2)40-28(37)24-15(3)31-29-32(25(24)16-5-4-6-18(11-16)33(38)39)26(34)23(42-29)13-19-8-10-22(41-19)20-12-17(27(35)36)7-9-21(20)30/h4-14,25H,1-3H3,(H,35,36)/b23-13-/t25-/m1/s1. The van der Waals surface area contributed by atoms with E-state index >= 15 is 0 Å². The lowest BCUT2D eigenvalue weighted by Gasteiger charge is -2.25. The van der Waals surface area contributed by atoms with E-state index in [1.165, 1.54) is 47.0 Å². The minimum atomic E-state index is -1.12. The number of allylic oxidation sites excluding steroid dienone is 1. The highest BCUT2D eigenvalue weighted by Gasteiger charge is 2.34. The second-order valence-corrected chi connectivity index (χ2v) is 11.0. The van der Waals surface area contributed by atoms with E-state index in [1.54, 1.807) is 39.0 Å². The lowest BCUT2D eigenvalue weighted by molar-refractivity contribution is -0.384. The maximum atomic E-state index is 13.8. The summed E-state index contributed by atoms with van der Waals surface area (Å²) in [5, 5.41) is 21.1. The number of hydrogen-bond donors (Lipinski definition) is 1. The van der Waals surface area contributed by atoms with Crippen LogP contribution in [0.25, 0.3) is 17.4 Å². The smallest absolute Gasteiger partial charge is 0.338 e. The third-order valence-electron chi connectivity index (χ3n) is 6.36. The van der Waals surface area contributed by atoms with E-state index in [9.17, 15) is 29.6 Å². The first-order chi connectivity index (χ1) is 19.9. The van der Waals surface area contributed by atoms with Crippen molar-refractivity contribution in [2.45, 2.75) is 32.9 Å². The summed E-state index contributed by atoms with van der Waals surface area (Å²) >= 11 is 7.33. The molecule has 0 saturated heterocycles. The number of non-ortho nitro benzene ring substituents is 1. The Morgan fingerprint density at radius 1 is 1.21 bits per heavy atom. The van der Waals surface area contributed by atoms with E-state index in [2.05, 4.69) is 4.99 Å². The average molecular weight is 608 g/mol. The molecule has 1 N–H and O–H groups in total. The van der Waals surface area contributed by atoms with Crippen LogP contribution in [0.5, 0.6) is 0 Å². The zero-order valence-electron chi connectivity index (χ0n) is 22.4. The van der Waals surface area contributed by atoms with Gasteiger partial charge in [-0.2, -0.15) is 0 Å². The maximum absolute atomic E-state index is 13.8. The molecular weight excluding hydrogens is 586 g/mol. The van der Waals surface area contributed by atoms with Crippen molar-refractivity contribution < 1.29 is 28.8 Å². The summed E-state index contributed by atoms with van der Waals surface area (Å²) in [6.45, 7) is 4.99. The van der Waals surface area contributed by atoms with Crippen molar-refractivity contribution in [3.63, 3.8) is 0 Å². The highest BCUT2D eigenvalue weighted by Crippen LogP contribution is 2.33. The lowest BCUT2D eigenvalue weighted by atomic mass is 9.95. The Hall–Kier alpha value is -4.81. The number of carboxylic acid groups (broad SMARTS) is 1. The first-order valence-corrected chi connectivity index (χ1v) is 13.7. The number of hydrogen-bond acceptors (Lipinski definition) is 9. The largest absolute Gasteiger partial charge is 0.478 e. The van der Waals surface area contributed by atoms with Gasteiger partial charge in [-0.15, -0.1) is 0 Å². The fourth-order valence-electron chi connectivity index (χ4n) is 4.54. The van der Waals surface area contributed by atoms with Crippen molar-refractivity contribution in [3.05, 3.63) is 118 Å². The van der Waals surface area contributed by atoms with Gasteiger partial charge in [0.2, 0.25) is 0 Å². The van der Waals surface area contributed by atoms with E-state index in [0.717, 1.165) is 11.3 Å². The number of carbonyl (C=O) groups is 2. The number of ether oxygens (including phenoxy) is 1. The molecule has 3 heterocycles. The van der Waals surface area contributed by atoms with Gasteiger partial charge in [-0.25, -0.2) is 14.6 Å². The average Bonchev–Trinajstić information content (AvgIpc) is 3.51. The Labute approximate surface area is 246 Å². The van der Waals surface area contributed by atoms with Crippen LogP contribution in [0.2, 0.25) is 5.02 Å². The number of nitro groups is 1. The monoisotopic (exact) mass is 607 g/mol. The van der Waals surface area contributed by atoms with Gasteiger partial charge in [0.05, 0.1) is 43.5 Å². The summed E-state index contributed by atoms with van der Waals surface area (Å²) in [6, 6.07) is 12.1. The van der Waals surface area contributed by atoms with Crippen LogP contribution in [0.1, 0.15) is 48.5 Å². The predicted octanol–water partition coefficient (Wildman–Crippen LogP) is 4.71. The van der Waals surface area contributed by atoms with E-state index in [-0.39, 0.29) is 36.9 Å². The van der Waals surface area contributed by atoms with Gasteiger partial charge in [0.25, 0.3) is 11.2 Å². The topological polar surface area (TPSA) is 154 Å². The quantitative estimate of drug-likeness (QED) is 0.180. The normalized spacial score (nSPS) is 15.0. The van der Waals surface area contributed by atoms with Gasteiger partial charge < -0.3 is 14.3 Å². The van der Waals surface area contributed by atoms with Gasteiger partial charge in [0.1, 0.15) is 11.5 Å². The molecule has 1 aliphatic rings. The first kappa shape index (κ1) is 28.7. The molecule has 13 heteroatoms. The zero-order chi connectivity index (χ0) is 30.3. The van der Waals surface area contributed by atoms with Crippen molar-refractivity contribution in [2.75, 3.05) is 0 Å². The number of nitrogens with zero attached hydrogens (tertiary/aromatic N) is 3. The summed E-state index contributed by atoms with van der Waals surface area (Å²) in [5.74, 6) is -1.22. The lowest BCUT2D eigenvalue weighted by Crippen LogP contribution is -2.40. The number of halogens is 1. The van der Waals surface area contributed by atoms with E-state index < -0.39 is 34.6 Å². The molecule has 0 spiro atoms. The summed E-state index contributed by atoms with van der Waals surface area (Å²) < 4.78 is 12.9.